The van der Waals surface area contributed by atoms with Crippen LogP contribution in [-0.2, 0) is 6.42 Å². The van der Waals surface area contributed by atoms with Crippen LogP contribution in [0.15, 0.2) is 36.9 Å². The Balaban J connectivity index is 2.03. The fraction of sp³-hybridized carbons (Fsp3) is 0.214. The standard InChI is InChI=1S/C14H14N2O/c1-17-14-5-3-11-2-4-13(8-12(11)9-14)16-7-6-15-10-16/h3,5-10H,2,4H2,1H3. The molecule has 2 aromatic rings. The number of methoxy groups -OCH3 is 1. The molecule has 0 fully saturated rings. The van der Waals surface area contributed by atoms with Crippen LogP contribution in [0.5, 0.6) is 5.75 Å². The number of nitrogens with zero attached hydrogens (tertiary/aromatic N) is 2. The number of allylic oxidation sites excluding steroid dienone is 1. The lowest BCUT2D eigenvalue weighted by Crippen LogP contribution is -2.03. The van der Waals surface area contributed by atoms with Crippen LogP contribution in [0.25, 0.3) is 11.8 Å². The number of hydrogen-bond acceptors (Lipinski definition) is 2. The van der Waals surface area contributed by atoms with Gasteiger partial charge in [0.2, 0.25) is 0 Å². The van der Waals surface area contributed by atoms with Gasteiger partial charge in [-0.1, -0.05) is 6.07 Å². The average molecular weight is 226 g/mol. The van der Waals surface area contributed by atoms with Crippen molar-refractivity contribution in [3.8, 4) is 5.75 Å². The number of fused-ring (bicyclic) bond motifs is 1. The van der Waals surface area contributed by atoms with Crippen LogP contribution in [-0.4, -0.2) is 16.7 Å². The minimum absolute atomic E-state index is 0.909. The number of imidazole rings is 1. The Bertz CT molecular complexity index is 556. The van der Waals surface area contributed by atoms with Gasteiger partial charge in [-0.3, -0.25) is 0 Å². The van der Waals surface area contributed by atoms with Gasteiger partial charge in [-0.15, -0.1) is 0 Å². The molecule has 86 valence electrons. The summed E-state index contributed by atoms with van der Waals surface area (Å²) in [4.78, 5) is 4.08. The second-order valence-electron chi connectivity index (χ2n) is 4.17. The molecule has 0 N–H and O–H groups in total. The Morgan fingerprint density at radius 1 is 1.29 bits per heavy atom. The average Bonchev–Trinajstić information content (AvgIpc) is 2.91. The number of ether oxygens (including phenoxy) is 1. The lowest BCUT2D eigenvalue weighted by Gasteiger charge is -2.17. The van der Waals surface area contributed by atoms with Crippen LogP contribution in [0.4, 0.5) is 0 Å². The first-order chi connectivity index (χ1) is 8.36. The quantitative estimate of drug-likeness (QED) is 0.787. The zero-order chi connectivity index (χ0) is 11.7. The minimum Gasteiger partial charge on any atom is -0.497 e. The predicted molar refractivity (Wildman–Crippen MR) is 67.7 cm³/mol. The van der Waals surface area contributed by atoms with E-state index in [0.29, 0.717) is 0 Å². The van der Waals surface area contributed by atoms with Gasteiger partial charge in [0.05, 0.1) is 13.4 Å². The molecule has 3 nitrogen and oxygen atoms in total. The Morgan fingerprint density at radius 3 is 3.00 bits per heavy atom. The third kappa shape index (κ3) is 1.84. The van der Waals surface area contributed by atoms with Gasteiger partial charge in [0.25, 0.3) is 0 Å². The number of aryl methyl sites for hydroxylation is 1. The highest BCUT2D eigenvalue weighted by Crippen LogP contribution is 2.29. The van der Waals surface area contributed by atoms with Gasteiger partial charge in [-0.25, -0.2) is 4.98 Å². The second kappa shape index (κ2) is 4.09. The highest BCUT2D eigenvalue weighted by atomic mass is 16.5. The molecule has 0 aliphatic heterocycles. The molecule has 0 spiro atoms. The van der Waals surface area contributed by atoms with E-state index in [1.807, 2.05) is 24.8 Å². The fourth-order valence-corrected chi connectivity index (χ4v) is 2.21. The van der Waals surface area contributed by atoms with Gasteiger partial charge < -0.3 is 9.30 Å². The van der Waals surface area contributed by atoms with Crippen LogP contribution < -0.4 is 4.74 Å². The van der Waals surface area contributed by atoms with Gasteiger partial charge in [-0.2, -0.15) is 0 Å². The van der Waals surface area contributed by atoms with E-state index < -0.39 is 0 Å². The van der Waals surface area contributed by atoms with Gasteiger partial charge in [-0.05, 0) is 42.2 Å². The fourth-order valence-electron chi connectivity index (χ4n) is 2.21. The lowest BCUT2D eigenvalue weighted by atomic mass is 9.95. The topological polar surface area (TPSA) is 27.1 Å². The highest BCUT2D eigenvalue weighted by Gasteiger charge is 2.11. The van der Waals surface area contributed by atoms with E-state index in [-0.39, 0.29) is 0 Å². The summed E-state index contributed by atoms with van der Waals surface area (Å²) < 4.78 is 7.33. The van der Waals surface area contributed by atoms with Crippen molar-refractivity contribution in [3.05, 3.63) is 48.0 Å². The van der Waals surface area contributed by atoms with E-state index in [1.54, 1.807) is 7.11 Å². The molecule has 0 amide bonds. The summed E-state index contributed by atoms with van der Waals surface area (Å²) >= 11 is 0. The van der Waals surface area contributed by atoms with Gasteiger partial charge in [0.15, 0.2) is 0 Å². The normalized spacial score (nSPS) is 14.1. The first kappa shape index (κ1) is 10.1. The Kier molecular flexibility index (Phi) is 2.44. The van der Waals surface area contributed by atoms with Crippen molar-refractivity contribution in [2.45, 2.75) is 12.8 Å². The van der Waals surface area contributed by atoms with Crippen molar-refractivity contribution in [2.24, 2.45) is 0 Å². The number of benzene rings is 1. The van der Waals surface area contributed by atoms with E-state index >= 15 is 0 Å². The van der Waals surface area contributed by atoms with E-state index in [9.17, 15) is 0 Å². The molecule has 1 aromatic heterocycles. The van der Waals surface area contributed by atoms with E-state index in [1.165, 1.54) is 16.8 Å². The van der Waals surface area contributed by atoms with Crippen LogP contribution in [0.1, 0.15) is 17.5 Å². The highest BCUT2D eigenvalue weighted by molar-refractivity contribution is 5.75. The van der Waals surface area contributed by atoms with Crippen LogP contribution >= 0.6 is 0 Å². The van der Waals surface area contributed by atoms with Crippen molar-refractivity contribution >= 4 is 11.8 Å². The van der Waals surface area contributed by atoms with Gasteiger partial charge in [0, 0.05) is 18.1 Å². The molecular weight excluding hydrogens is 212 g/mol. The zero-order valence-corrected chi connectivity index (χ0v) is 9.76. The summed E-state index contributed by atoms with van der Waals surface area (Å²) in [5.74, 6) is 0.909. The molecule has 1 heterocycles. The van der Waals surface area contributed by atoms with Crippen molar-refractivity contribution in [3.63, 3.8) is 0 Å². The first-order valence-corrected chi connectivity index (χ1v) is 5.72. The predicted octanol–water partition coefficient (Wildman–Crippen LogP) is 2.84. The second-order valence-corrected chi connectivity index (χ2v) is 4.17. The van der Waals surface area contributed by atoms with Crippen molar-refractivity contribution in [1.29, 1.82) is 0 Å². The number of hydrogen-bond donors (Lipinski definition) is 0. The Morgan fingerprint density at radius 2 is 2.24 bits per heavy atom. The largest absolute Gasteiger partial charge is 0.497 e. The Labute approximate surface area is 100 Å². The lowest BCUT2D eigenvalue weighted by molar-refractivity contribution is 0.414. The monoisotopic (exact) mass is 226 g/mol. The molecule has 0 unspecified atom stereocenters. The number of rotatable bonds is 2. The molecular formula is C14H14N2O. The molecule has 3 heteroatoms. The van der Waals surface area contributed by atoms with Crippen molar-refractivity contribution < 1.29 is 4.74 Å². The maximum Gasteiger partial charge on any atom is 0.119 e. The summed E-state index contributed by atoms with van der Waals surface area (Å²) in [7, 11) is 1.70. The first-order valence-electron chi connectivity index (χ1n) is 5.72. The summed E-state index contributed by atoms with van der Waals surface area (Å²) in [6.07, 6.45) is 9.97. The third-order valence-electron chi connectivity index (χ3n) is 3.16. The van der Waals surface area contributed by atoms with Crippen molar-refractivity contribution in [2.75, 3.05) is 7.11 Å². The molecule has 1 aliphatic rings. The van der Waals surface area contributed by atoms with Crippen LogP contribution in [0.2, 0.25) is 0 Å². The molecule has 0 saturated carbocycles. The molecule has 0 saturated heterocycles. The molecule has 1 aromatic carbocycles. The van der Waals surface area contributed by atoms with E-state index in [2.05, 4.69) is 27.8 Å². The maximum atomic E-state index is 5.26. The summed E-state index contributed by atoms with van der Waals surface area (Å²) in [6.45, 7) is 0. The van der Waals surface area contributed by atoms with E-state index in [4.69, 9.17) is 4.74 Å². The summed E-state index contributed by atoms with van der Waals surface area (Å²) in [5.41, 5.74) is 3.91. The van der Waals surface area contributed by atoms with Crippen molar-refractivity contribution in [1.82, 2.24) is 9.55 Å². The number of aromatic nitrogens is 2. The molecule has 0 bridgehead atoms. The summed E-state index contributed by atoms with van der Waals surface area (Å²) in [6, 6.07) is 6.26. The minimum atomic E-state index is 0.909. The van der Waals surface area contributed by atoms with Crippen LogP contribution in [0.3, 0.4) is 0 Å². The smallest absolute Gasteiger partial charge is 0.119 e. The Hall–Kier alpha value is -2.03. The molecule has 3 rings (SSSR count). The summed E-state index contributed by atoms with van der Waals surface area (Å²) in [5, 5.41) is 0. The third-order valence-corrected chi connectivity index (χ3v) is 3.16. The molecule has 0 atom stereocenters. The molecule has 0 radical (unpaired) electrons. The van der Waals surface area contributed by atoms with Crippen LogP contribution in [0, 0.1) is 0 Å². The van der Waals surface area contributed by atoms with Gasteiger partial charge in [0.1, 0.15) is 5.75 Å². The van der Waals surface area contributed by atoms with Gasteiger partial charge >= 0.3 is 0 Å². The SMILES string of the molecule is COc1ccc2c(c1)C=C(n1ccnc1)CC2. The zero-order valence-electron chi connectivity index (χ0n) is 9.76. The molecule has 17 heavy (non-hydrogen) atoms. The molecule has 1 aliphatic carbocycles. The maximum absolute atomic E-state index is 5.26. The van der Waals surface area contributed by atoms with E-state index in [0.717, 1.165) is 18.6 Å².